The minimum Gasteiger partial charge on any atom is -0.356 e. The molecule has 1 aromatic carbocycles. The van der Waals surface area contributed by atoms with Crippen LogP contribution in [0.2, 0.25) is 0 Å². The van der Waals surface area contributed by atoms with Crippen molar-refractivity contribution in [1.82, 2.24) is 14.9 Å². The number of sulfonamides is 1. The number of benzene rings is 1. The number of hydrogen-bond donors (Lipinski definition) is 2. The summed E-state index contributed by atoms with van der Waals surface area (Å²) in [6.45, 7) is 2.66. The van der Waals surface area contributed by atoms with Crippen LogP contribution in [0.5, 0.6) is 0 Å². The van der Waals surface area contributed by atoms with E-state index < -0.39 is 10.0 Å². The molecule has 0 aromatic heterocycles. The van der Waals surface area contributed by atoms with E-state index in [0.717, 1.165) is 50.3 Å². The molecule has 6 nitrogen and oxygen atoms in total. The second kappa shape index (κ2) is 9.71. The zero-order valence-corrected chi connectivity index (χ0v) is 19.6. The highest BCUT2D eigenvalue weighted by Crippen LogP contribution is 2.47. The lowest BCUT2D eigenvalue weighted by molar-refractivity contribution is 0.275. The lowest BCUT2D eigenvalue weighted by atomic mass is 9.96. The summed E-state index contributed by atoms with van der Waals surface area (Å²) in [6, 6.07) is 6.85. The van der Waals surface area contributed by atoms with Gasteiger partial charge in [-0.2, -0.15) is 0 Å². The first-order valence-corrected chi connectivity index (χ1v) is 11.3. The van der Waals surface area contributed by atoms with Crippen LogP contribution in [0.4, 0.5) is 4.39 Å². The van der Waals surface area contributed by atoms with E-state index in [1.54, 1.807) is 23.5 Å². The first-order chi connectivity index (χ1) is 12.8. The number of hydrogen-bond acceptors (Lipinski definition) is 3. The fraction of sp³-hybridized carbons (Fsp3) is 0.632. The van der Waals surface area contributed by atoms with E-state index in [1.165, 1.54) is 12.3 Å². The Morgan fingerprint density at radius 1 is 1.29 bits per heavy atom. The second-order valence-electron chi connectivity index (χ2n) is 7.70. The summed E-state index contributed by atoms with van der Waals surface area (Å²) >= 11 is 0. The van der Waals surface area contributed by atoms with Gasteiger partial charge >= 0.3 is 0 Å². The highest BCUT2D eigenvalue weighted by Gasteiger charge is 2.44. The lowest BCUT2D eigenvalue weighted by Crippen LogP contribution is -2.45. The molecule has 1 aliphatic carbocycles. The van der Waals surface area contributed by atoms with Gasteiger partial charge in [-0.3, -0.25) is 4.99 Å². The maximum Gasteiger partial charge on any atom is 0.211 e. The molecule has 2 N–H and O–H groups in total. The quantitative estimate of drug-likeness (QED) is 0.341. The van der Waals surface area contributed by atoms with Crippen LogP contribution >= 0.6 is 24.0 Å². The Bertz CT molecular complexity index is 791. The largest absolute Gasteiger partial charge is 0.356 e. The average Bonchev–Trinajstić information content (AvgIpc) is 3.43. The Kier molecular flexibility index (Phi) is 8.09. The molecule has 1 heterocycles. The van der Waals surface area contributed by atoms with E-state index in [4.69, 9.17) is 0 Å². The van der Waals surface area contributed by atoms with Crippen LogP contribution in [0.1, 0.15) is 31.2 Å². The van der Waals surface area contributed by atoms with E-state index in [1.807, 2.05) is 6.07 Å². The van der Waals surface area contributed by atoms with Crippen molar-refractivity contribution in [3.05, 3.63) is 35.6 Å². The van der Waals surface area contributed by atoms with E-state index in [9.17, 15) is 12.8 Å². The Hall–Kier alpha value is -0.940. The molecule has 0 bridgehead atoms. The van der Waals surface area contributed by atoms with Gasteiger partial charge in [-0.25, -0.2) is 17.1 Å². The summed E-state index contributed by atoms with van der Waals surface area (Å²) in [6.07, 6.45) is 5.06. The molecule has 1 saturated heterocycles. The molecule has 2 fully saturated rings. The number of nitrogens with one attached hydrogen (secondary N) is 2. The molecule has 3 rings (SSSR count). The fourth-order valence-corrected chi connectivity index (χ4v) is 4.57. The van der Waals surface area contributed by atoms with Crippen LogP contribution < -0.4 is 10.6 Å². The zero-order valence-electron chi connectivity index (χ0n) is 16.4. The molecule has 2 aliphatic rings. The number of rotatable bonds is 6. The smallest absolute Gasteiger partial charge is 0.211 e. The van der Waals surface area contributed by atoms with Gasteiger partial charge in [0.15, 0.2) is 5.96 Å². The Balaban J connectivity index is 0.00000280. The maximum atomic E-state index is 13.5. The summed E-state index contributed by atoms with van der Waals surface area (Å²) in [7, 11) is -1.34. The van der Waals surface area contributed by atoms with Crippen molar-refractivity contribution in [1.29, 1.82) is 0 Å². The second-order valence-corrected chi connectivity index (χ2v) is 9.69. The van der Waals surface area contributed by atoms with Crippen LogP contribution in [0.25, 0.3) is 0 Å². The van der Waals surface area contributed by atoms with Crippen LogP contribution in [-0.4, -0.2) is 58.2 Å². The van der Waals surface area contributed by atoms with Crippen LogP contribution in [-0.2, 0) is 15.4 Å². The van der Waals surface area contributed by atoms with Gasteiger partial charge in [-0.05, 0) is 49.3 Å². The number of guanidine groups is 1. The van der Waals surface area contributed by atoms with Crippen LogP contribution in [0.3, 0.4) is 0 Å². The highest BCUT2D eigenvalue weighted by molar-refractivity contribution is 14.0. The van der Waals surface area contributed by atoms with Crippen molar-refractivity contribution >= 4 is 40.0 Å². The third-order valence-corrected chi connectivity index (χ3v) is 7.01. The normalized spacial score (nSPS) is 20.3. The first kappa shape index (κ1) is 23.3. The summed E-state index contributed by atoms with van der Waals surface area (Å²) < 4.78 is 38.2. The van der Waals surface area contributed by atoms with Gasteiger partial charge < -0.3 is 10.6 Å². The molecule has 158 valence electrons. The van der Waals surface area contributed by atoms with Gasteiger partial charge in [0.1, 0.15) is 5.82 Å². The van der Waals surface area contributed by atoms with E-state index >= 15 is 0 Å². The van der Waals surface area contributed by atoms with Gasteiger partial charge in [-0.15, -0.1) is 24.0 Å². The Morgan fingerprint density at radius 2 is 1.96 bits per heavy atom. The number of aliphatic imine (C=N–C) groups is 1. The summed E-state index contributed by atoms with van der Waals surface area (Å²) in [5.41, 5.74) is 1.04. The van der Waals surface area contributed by atoms with Gasteiger partial charge in [-0.1, -0.05) is 12.1 Å². The fourth-order valence-electron chi connectivity index (χ4n) is 3.70. The molecule has 1 aliphatic heterocycles. The van der Waals surface area contributed by atoms with Gasteiger partial charge in [0.05, 0.1) is 6.26 Å². The summed E-state index contributed by atoms with van der Waals surface area (Å²) in [5, 5.41) is 6.73. The first-order valence-electron chi connectivity index (χ1n) is 9.48. The Morgan fingerprint density at radius 3 is 2.50 bits per heavy atom. The monoisotopic (exact) mass is 524 g/mol. The molecule has 0 spiro atoms. The molecule has 9 heteroatoms. The lowest BCUT2D eigenvalue weighted by Gasteiger charge is -2.30. The minimum atomic E-state index is -3.08. The molecule has 1 saturated carbocycles. The molecular formula is C19H30FIN4O2S. The third kappa shape index (κ3) is 6.03. The van der Waals surface area contributed by atoms with Gasteiger partial charge in [0, 0.05) is 38.6 Å². The number of nitrogens with zero attached hydrogens (tertiary/aromatic N) is 2. The summed E-state index contributed by atoms with van der Waals surface area (Å²) in [4.78, 5) is 4.28. The molecule has 0 amide bonds. The van der Waals surface area contributed by atoms with Crippen molar-refractivity contribution in [2.24, 2.45) is 10.9 Å². The topological polar surface area (TPSA) is 73.8 Å². The van der Waals surface area contributed by atoms with E-state index in [2.05, 4.69) is 15.6 Å². The standard InChI is InChI=1S/C19H29FN4O2S.HI/c1-21-18(22-13-15-6-10-24(11-7-15)27(2,25)26)23-14-19(8-9-19)16-4-3-5-17(20)12-16;/h3-5,12,15H,6-11,13-14H2,1-2H3,(H2,21,22,23);1H. The molecule has 1 aromatic rings. The maximum absolute atomic E-state index is 13.5. The SMILES string of the molecule is CN=C(NCC1CCN(S(C)(=O)=O)CC1)NCC1(c2cccc(F)c2)CC1.I. The van der Waals surface area contributed by atoms with Crippen molar-refractivity contribution in [2.75, 3.05) is 39.5 Å². The zero-order chi connectivity index (χ0) is 19.5. The van der Waals surface area contributed by atoms with Crippen molar-refractivity contribution in [2.45, 2.75) is 31.1 Å². The molecular weight excluding hydrogens is 494 g/mol. The molecule has 0 unspecified atom stereocenters. The molecule has 28 heavy (non-hydrogen) atoms. The molecule has 0 radical (unpaired) electrons. The van der Waals surface area contributed by atoms with Crippen LogP contribution in [0, 0.1) is 11.7 Å². The molecule has 0 atom stereocenters. The summed E-state index contributed by atoms with van der Waals surface area (Å²) in [5.74, 6) is 0.976. The van der Waals surface area contributed by atoms with Crippen molar-refractivity contribution in [3.63, 3.8) is 0 Å². The third-order valence-electron chi connectivity index (χ3n) is 5.71. The van der Waals surface area contributed by atoms with E-state index in [0.29, 0.717) is 19.0 Å². The average molecular weight is 524 g/mol. The number of piperidine rings is 1. The van der Waals surface area contributed by atoms with Crippen LogP contribution in [0.15, 0.2) is 29.3 Å². The van der Waals surface area contributed by atoms with Gasteiger partial charge in [0.2, 0.25) is 10.0 Å². The van der Waals surface area contributed by atoms with Crippen molar-refractivity contribution in [3.8, 4) is 0 Å². The predicted octanol–water partition coefficient (Wildman–Crippen LogP) is 2.31. The predicted molar refractivity (Wildman–Crippen MR) is 121 cm³/mol. The van der Waals surface area contributed by atoms with Gasteiger partial charge in [0.25, 0.3) is 0 Å². The van der Waals surface area contributed by atoms with Crippen molar-refractivity contribution < 1.29 is 12.8 Å². The van der Waals surface area contributed by atoms with E-state index in [-0.39, 0.29) is 35.2 Å². The number of halogens is 2. The minimum absolute atomic E-state index is 0. The Labute approximate surface area is 184 Å². The highest BCUT2D eigenvalue weighted by atomic mass is 127.